The molecular weight excluding hydrogens is 311 g/mol. The van der Waals surface area contributed by atoms with Gasteiger partial charge < -0.3 is 14.2 Å². The van der Waals surface area contributed by atoms with Gasteiger partial charge in [-0.05, 0) is 12.8 Å². The average molecular weight is 327 g/mol. The molecular formula is C14H16Cl2N4O. The number of hydrogen-bond donors (Lipinski definition) is 0. The predicted octanol–water partition coefficient (Wildman–Crippen LogP) is 2.89. The van der Waals surface area contributed by atoms with Gasteiger partial charge in [0.25, 0.3) is 0 Å². The standard InChI is InChI=1S/C14H16Cl2N4O/c1-19-9-6-10(15)17-12(16)11(9)18-13(19)20-4-2-14(3-5-20)7-21-8-14/h6H,2-5,7-8H2,1H3. The molecule has 0 saturated carbocycles. The highest BCUT2D eigenvalue weighted by molar-refractivity contribution is 6.36. The Balaban J connectivity index is 1.68. The Morgan fingerprint density at radius 2 is 1.90 bits per heavy atom. The first-order valence-electron chi connectivity index (χ1n) is 7.09. The van der Waals surface area contributed by atoms with Gasteiger partial charge >= 0.3 is 0 Å². The molecule has 4 heterocycles. The minimum absolute atomic E-state index is 0.361. The predicted molar refractivity (Wildman–Crippen MR) is 83.2 cm³/mol. The van der Waals surface area contributed by atoms with E-state index in [0.29, 0.717) is 21.2 Å². The number of fused-ring (bicyclic) bond motifs is 1. The fraction of sp³-hybridized carbons (Fsp3) is 0.571. The molecule has 2 saturated heterocycles. The van der Waals surface area contributed by atoms with Crippen molar-refractivity contribution in [2.75, 3.05) is 31.2 Å². The number of ether oxygens (including phenoxy) is 1. The molecule has 2 aromatic rings. The summed E-state index contributed by atoms with van der Waals surface area (Å²) < 4.78 is 7.42. The maximum atomic E-state index is 6.16. The minimum Gasteiger partial charge on any atom is -0.380 e. The van der Waals surface area contributed by atoms with Crippen LogP contribution < -0.4 is 4.90 Å². The molecule has 0 N–H and O–H groups in total. The number of rotatable bonds is 1. The van der Waals surface area contributed by atoms with E-state index in [2.05, 4.69) is 14.9 Å². The molecule has 0 aliphatic carbocycles. The van der Waals surface area contributed by atoms with Gasteiger partial charge in [0.05, 0.1) is 18.7 Å². The largest absolute Gasteiger partial charge is 0.380 e. The van der Waals surface area contributed by atoms with E-state index in [0.717, 1.165) is 50.6 Å². The lowest BCUT2D eigenvalue weighted by molar-refractivity contribution is -0.124. The lowest BCUT2D eigenvalue weighted by Gasteiger charge is -2.47. The van der Waals surface area contributed by atoms with E-state index >= 15 is 0 Å². The number of nitrogens with zero attached hydrogens (tertiary/aromatic N) is 4. The molecule has 0 bridgehead atoms. The van der Waals surface area contributed by atoms with Crippen LogP contribution in [0.4, 0.5) is 5.95 Å². The average Bonchev–Trinajstić information content (AvgIpc) is 2.75. The molecule has 2 fully saturated rings. The molecule has 5 nitrogen and oxygen atoms in total. The maximum Gasteiger partial charge on any atom is 0.206 e. The molecule has 1 spiro atoms. The van der Waals surface area contributed by atoms with Crippen LogP contribution in [0.3, 0.4) is 0 Å². The zero-order valence-corrected chi connectivity index (χ0v) is 13.3. The molecule has 0 amide bonds. The van der Waals surface area contributed by atoms with Crippen molar-refractivity contribution in [2.45, 2.75) is 12.8 Å². The first-order valence-corrected chi connectivity index (χ1v) is 7.85. The molecule has 2 aliphatic rings. The Labute approximate surface area is 132 Å². The summed E-state index contributed by atoms with van der Waals surface area (Å²) in [5, 5.41) is 0.756. The normalized spacial score (nSPS) is 21.0. The Morgan fingerprint density at radius 1 is 1.19 bits per heavy atom. The molecule has 112 valence electrons. The zero-order valence-electron chi connectivity index (χ0n) is 11.8. The Kier molecular flexibility index (Phi) is 3.07. The van der Waals surface area contributed by atoms with Crippen molar-refractivity contribution in [3.05, 3.63) is 16.4 Å². The van der Waals surface area contributed by atoms with E-state index in [1.807, 2.05) is 17.7 Å². The van der Waals surface area contributed by atoms with Crippen LogP contribution in [0.1, 0.15) is 12.8 Å². The topological polar surface area (TPSA) is 43.2 Å². The van der Waals surface area contributed by atoms with Crippen LogP contribution in [-0.4, -0.2) is 40.8 Å². The van der Waals surface area contributed by atoms with Crippen LogP contribution in [0.2, 0.25) is 10.3 Å². The monoisotopic (exact) mass is 326 g/mol. The van der Waals surface area contributed by atoms with Gasteiger partial charge in [-0.3, -0.25) is 0 Å². The van der Waals surface area contributed by atoms with Gasteiger partial charge in [-0.2, -0.15) is 0 Å². The SMILES string of the molecule is Cn1c(N2CCC3(CC2)COC3)nc2c(Cl)nc(Cl)cc21. The van der Waals surface area contributed by atoms with E-state index in [-0.39, 0.29) is 0 Å². The highest BCUT2D eigenvalue weighted by atomic mass is 35.5. The number of halogens is 2. The van der Waals surface area contributed by atoms with Crippen LogP contribution in [0, 0.1) is 5.41 Å². The number of pyridine rings is 1. The van der Waals surface area contributed by atoms with Crippen LogP contribution in [-0.2, 0) is 11.8 Å². The molecule has 7 heteroatoms. The zero-order chi connectivity index (χ0) is 14.6. The summed E-state index contributed by atoms with van der Waals surface area (Å²) in [5.41, 5.74) is 2.05. The number of imidazole rings is 1. The molecule has 0 atom stereocenters. The molecule has 0 radical (unpaired) electrons. The molecule has 0 aromatic carbocycles. The van der Waals surface area contributed by atoms with Crippen molar-refractivity contribution < 1.29 is 4.74 Å². The van der Waals surface area contributed by atoms with Crippen molar-refractivity contribution in [3.63, 3.8) is 0 Å². The van der Waals surface area contributed by atoms with E-state index in [1.165, 1.54) is 0 Å². The fourth-order valence-electron chi connectivity index (χ4n) is 3.25. The summed E-state index contributed by atoms with van der Waals surface area (Å²) in [5.74, 6) is 0.936. The molecule has 21 heavy (non-hydrogen) atoms. The number of anilines is 1. The second-order valence-electron chi connectivity index (χ2n) is 6.05. The van der Waals surface area contributed by atoms with Crippen molar-refractivity contribution in [2.24, 2.45) is 12.5 Å². The summed E-state index contributed by atoms with van der Waals surface area (Å²) in [6, 6.07) is 1.81. The van der Waals surface area contributed by atoms with Crippen molar-refractivity contribution >= 4 is 40.2 Å². The quantitative estimate of drug-likeness (QED) is 0.756. The summed E-state index contributed by atoms with van der Waals surface area (Å²) in [7, 11) is 1.99. The van der Waals surface area contributed by atoms with Gasteiger partial charge in [0.2, 0.25) is 5.95 Å². The summed E-state index contributed by atoms with van der Waals surface area (Å²) >= 11 is 12.1. The Morgan fingerprint density at radius 3 is 2.52 bits per heavy atom. The van der Waals surface area contributed by atoms with Gasteiger partial charge in [0, 0.05) is 31.6 Å². The van der Waals surface area contributed by atoms with E-state index in [1.54, 1.807) is 0 Å². The van der Waals surface area contributed by atoms with Crippen LogP contribution in [0.25, 0.3) is 11.0 Å². The third-order valence-corrected chi connectivity index (χ3v) is 5.15. The second-order valence-corrected chi connectivity index (χ2v) is 6.80. The minimum atomic E-state index is 0.361. The number of aryl methyl sites for hydroxylation is 1. The van der Waals surface area contributed by atoms with Crippen molar-refractivity contribution in [3.8, 4) is 0 Å². The van der Waals surface area contributed by atoms with Crippen molar-refractivity contribution in [1.82, 2.24) is 14.5 Å². The van der Waals surface area contributed by atoms with Gasteiger partial charge in [-0.1, -0.05) is 23.2 Å². The van der Waals surface area contributed by atoms with Gasteiger partial charge in [0.15, 0.2) is 5.15 Å². The highest BCUT2D eigenvalue weighted by Crippen LogP contribution is 2.39. The van der Waals surface area contributed by atoms with E-state index in [9.17, 15) is 0 Å². The Hall–Kier alpha value is -1.04. The first kappa shape index (κ1) is 13.6. The van der Waals surface area contributed by atoms with Gasteiger partial charge in [0.1, 0.15) is 10.7 Å². The van der Waals surface area contributed by atoms with Crippen LogP contribution in [0.15, 0.2) is 6.07 Å². The van der Waals surface area contributed by atoms with Crippen LogP contribution >= 0.6 is 23.2 Å². The summed E-state index contributed by atoms with van der Waals surface area (Å²) in [6.07, 6.45) is 2.31. The van der Waals surface area contributed by atoms with Gasteiger partial charge in [-0.15, -0.1) is 0 Å². The van der Waals surface area contributed by atoms with Crippen LogP contribution in [0.5, 0.6) is 0 Å². The van der Waals surface area contributed by atoms with Gasteiger partial charge in [-0.25, -0.2) is 9.97 Å². The number of piperidine rings is 1. The molecule has 2 aromatic heterocycles. The second kappa shape index (κ2) is 4.73. The lowest BCUT2D eigenvalue weighted by atomic mass is 9.77. The third-order valence-electron chi connectivity index (χ3n) is 4.70. The number of aromatic nitrogens is 3. The summed E-state index contributed by atoms with van der Waals surface area (Å²) in [6.45, 7) is 3.82. The molecule has 0 unspecified atom stereocenters. The smallest absolute Gasteiger partial charge is 0.206 e. The number of hydrogen-bond acceptors (Lipinski definition) is 4. The maximum absolute atomic E-state index is 6.16. The molecule has 4 rings (SSSR count). The summed E-state index contributed by atoms with van der Waals surface area (Å²) in [4.78, 5) is 11.1. The highest BCUT2D eigenvalue weighted by Gasteiger charge is 2.41. The molecule has 2 aliphatic heterocycles. The van der Waals surface area contributed by atoms with E-state index in [4.69, 9.17) is 27.9 Å². The Bertz CT molecular complexity index is 701. The van der Waals surface area contributed by atoms with Crippen molar-refractivity contribution in [1.29, 1.82) is 0 Å². The fourth-order valence-corrected chi connectivity index (χ4v) is 3.71. The third kappa shape index (κ3) is 2.10. The first-order chi connectivity index (χ1) is 10.1. The van der Waals surface area contributed by atoms with E-state index < -0.39 is 0 Å². The lowest BCUT2D eigenvalue weighted by Crippen LogP contribution is -2.51.